The Morgan fingerprint density at radius 1 is 1.38 bits per heavy atom. The number of aliphatic imine (C=N–C) groups is 1. The number of nitrogens with one attached hydrogen (secondary N) is 2. The molecule has 3 rings (SSSR count). The Kier molecular flexibility index (Phi) is 5.38. The molecule has 2 aliphatic rings. The summed E-state index contributed by atoms with van der Waals surface area (Å²) in [4.78, 5) is 6.75. The first kappa shape index (κ1) is 18.5. The van der Waals surface area contributed by atoms with Crippen molar-refractivity contribution in [2.45, 2.75) is 12.7 Å². The maximum Gasteiger partial charge on any atom is 0.210 e. The van der Waals surface area contributed by atoms with Gasteiger partial charge in [0.15, 0.2) is 11.5 Å². The first-order valence-electron chi connectivity index (χ1n) is 8.95. The van der Waals surface area contributed by atoms with Crippen LogP contribution in [0.4, 0.5) is 0 Å². The lowest BCUT2D eigenvalue weighted by Gasteiger charge is -2.31. The molecule has 7 heteroatoms. The molecule has 3 atom stereocenters. The second-order valence-corrected chi connectivity index (χ2v) is 7.14. The molecule has 1 aromatic carbocycles. The fraction of sp³-hybridized carbons (Fsp3) is 0.526. The summed E-state index contributed by atoms with van der Waals surface area (Å²) in [6, 6.07) is 5.68. The van der Waals surface area contributed by atoms with Crippen molar-refractivity contribution in [3.8, 4) is 11.5 Å². The van der Waals surface area contributed by atoms with Gasteiger partial charge in [-0.1, -0.05) is 6.92 Å². The number of benzene rings is 1. The molecular formula is C19H29N5O2. The van der Waals surface area contributed by atoms with Crippen LogP contribution < -0.4 is 25.8 Å². The first-order valence-corrected chi connectivity index (χ1v) is 8.95. The van der Waals surface area contributed by atoms with Crippen LogP contribution in [0, 0.1) is 11.8 Å². The highest BCUT2D eigenvalue weighted by atomic mass is 16.5. The lowest BCUT2D eigenvalue weighted by Crippen LogP contribution is -2.51. The summed E-state index contributed by atoms with van der Waals surface area (Å²) in [5, 5.41) is 6.25. The van der Waals surface area contributed by atoms with Crippen LogP contribution >= 0.6 is 0 Å². The average molecular weight is 359 g/mol. The molecule has 0 aliphatic carbocycles. The molecule has 0 spiro atoms. The predicted molar refractivity (Wildman–Crippen MR) is 103 cm³/mol. The molecule has 1 saturated heterocycles. The third-order valence-corrected chi connectivity index (χ3v) is 5.12. The maximum atomic E-state index is 6.47. The van der Waals surface area contributed by atoms with Crippen molar-refractivity contribution in [2.24, 2.45) is 22.6 Å². The fourth-order valence-electron chi connectivity index (χ4n) is 3.54. The molecule has 1 unspecified atom stereocenters. The Balaban J connectivity index is 1.79. The molecule has 4 N–H and O–H groups in total. The largest absolute Gasteiger partial charge is 0.493 e. The van der Waals surface area contributed by atoms with Gasteiger partial charge in [0.2, 0.25) is 5.79 Å². The molecule has 0 saturated carbocycles. The average Bonchev–Trinajstić information content (AvgIpc) is 2.96. The number of hydrogen-bond acceptors (Lipinski definition) is 7. The van der Waals surface area contributed by atoms with Gasteiger partial charge in [0.05, 0.1) is 13.7 Å². The van der Waals surface area contributed by atoms with E-state index in [4.69, 9.17) is 15.2 Å². The van der Waals surface area contributed by atoms with Gasteiger partial charge in [-0.2, -0.15) is 0 Å². The summed E-state index contributed by atoms with van der Waals surface area (Å²) in [6.07, 6.45) is 3.53. The number of likely N-dealkylation sites (tertiary alicyclic amines) is 1. The van der Waals surface area contributed by atoms with Crippen molar-refractivity contribution < 1.29 is 9.47 Å². The van der Waals surface area contributed by atoms with Crippen LogP contribution in [0.5, 0.6) is 11.5 Å². The number of allylic oxidation sites excluding steroid dienone is 1. The number of nitrogens with two attached hydrogens (primary N) is 1. The Bertz CT molecular complexity index is 705. The summed E-state index contributed by atoms with van der Waals surface area (Å²) < 4.78 is 11.6. The minimum Gasteiger partial charge on any atom is -0.493 e. The summed E-state index contributed by atoms with van der Waals surface area (Å²) >= 11 is 0. The molecule has 0 amide bonds. The lowest BCUT2D eigenvalue weighted by atomic mass is 9.99. The minimum atomic E-state index is -1.04. The maximum absolute atomic E-state index is 6.47. The van der Waals surface area contributed by atoms with Gasteiger partial charge in [-0.15, -0.1) is 0 Å². The van der Waals surface area contributed by atoms with Crippen molar-refractivity contribution >= 4 is 6.21 Å². The Labute approximate surface area is 155 Å². The van der Waals surface area contributed by atoms with Gasteiger partial charge in [0.25, 0.3) is 0 Å². The Morgan fingerprint density at radius 3 is 2.85 bits per heavy atom. The van der Waals surface area contributed by atoms with E-state index in [0.29, 0.717) is 29.9 Å². The van der Waals surface area contributed by atoms with Gasteiger partial charge in [-0.3, -0.25) is 5.73 Å². The van der Waals surface area contributed by atoms with E-state index in [1.165, 1.54) is 0 Å². The van der Waals surface area contributed by atoms with Crippen LogP contribution in [0.25, 0.3) is 0 Å². The molecule has 0 radical (unpaired) electrons. The zero-order valence-electron chi connectivity index (χ0n) is 16.0. The van der Waals surface area contributed by atoms with Crippen molar-refractivity contribution in [3.63, 3.8) is 0 Å². The molecule has 142 valence electrons. The number of rotatable bonds is 6. The molecular weight excluding hydrogens is 330 g/mol. The first-order chi connectivity index (χ1) is 12.4. The van der Waals surface area contributed by atoms with Crippen molar-refractivity contribution in [1.29, 1.82) is 0 Å². The molecule has 1 aromatic rings. The van der Waals surface area contributed by atoms with Gasteiger partial charge in [0.1, 0.15) is 5.82 Å². The van der Waals surface area contributed by atoms with E-state index in [-0.39, 0.29) is 0 Å². The smallest absolute Gasteiger partial charge is 0.210 e. The second kappa shape index (κ2) is 7.55. The number of ether oxygens (including phenoxy) is 2. The lowest BCUT2D eigenvalue weighted by molar-refractivity contribution is 0.219. The minimum absolute atomic E-state index is 0.504. The van der Waals surface area contributed by atoms with E-state index in [1.807, 2.05) is 31.3 Å². The van der Waals surface area contributed by atoms with Crippen molar-refractivity contribution in [2.75, 3.05) is 40.9 Å². The van der Waals surface area contributed by atoms with Crippen LogP contribution in [-0.2, 0) is 5.79 Å². The van der Waals surface area contributed by atoms with Crippen LogP contribution in [-0.4, -0.2) is 52.0 Å². The van der Waals surface area contributed by atoms with Crippen molar-refractivity contribution in [1.82, 2.24) is 15.5 Å². The zero-order chi connectivity index (χ0) is 18.7. The topological polar surface area (TPSA) is 84.1 Å². The van der Waals surface area contributed by atoms with Gasteiger partial charge in [-0.05, 0) is 37.2 Å². The van der Waals surface area contributed by atoms with E-state index in [2.05, 4.69) is 34.5 Å². The fourth-order valence-corrected chi connectivity index (χ4v) is 3.54. The summed E-state index contributed by atoms with van der Waals surface area (Å²) in [5.74, 6) is 2.27. The van der Waals surface area contributed by atoms with Crippen LogP contribution in [0.1, 0.15) is 12.5 Å². The summed E-state index contributed by atoms with van der Waals surface area (Å²) in [6.45, 7) is 5.08. The van der Waals surface area contributed by atoms with Crippen LogP contribution in [0.3, 0.4) is 0 Å². The van der Waals surface area contributed by atoms with E-state index < -0.39 is 5.79 Å². The van der Waals surface area contributed by atoms with Gasteiger partial charge < -0.3 is 25.0 Å². The molecule has 7 nitrogen and oxygen atoms in total. The highest BCUT2D eigenvalue weighted by Gasteiger charge is 2.31. The predicted octanol–water partition coefficient (Wildman–Crippen LogP) is 1.08. The SMILES string of the molecule is CNC1=CC=NC(N)(c2ccc(OC)c(OC[C@@H]3CN(C)C[C@H]3C)c2)N1. The van der Waals surface area contributed by atoms with E-state index in [0.717, 1.165) is 24.5 Å². The number of nitrogens with zero attached hydrogens (tertiary/aromatic N) is 2. The van der Waals surface area contributed by atoms with Crippen LogP contribution in [0.15, 0.2) is 35.1 Å². The Hall–Kier alpha value is -2.25. The quantitative estimate of drug-likeness (QED) is 0.705. The third kappa shape index (κ3) is 3.78. The third-order valence-electron chi connectivity index (χ3n) is 5.12. The molecule has 0 aromatic heterocycles. The van der Waals surface area contributed by atoms with Crippen LogP contribution in [0.2, 0.25) is 0 Å². The highest BCUT2D eigenvalue weighted by molar-refractivity contribution is 5.73. The molecule has 2 heterocycles. The number of hydrogen-bond donors (Lipinski definition) is 3. The van der Waals surface area contributed by atoms with E-state index in [9.17, 15) is 0 Å². The summed E-state index contributed by atoms with van der Waals surface area (Å²) in [5.41, 5.74) is 7.28. The van der Waals surface area contributed by atoms with Crippen molar-refractivity contribution in [3.05, 3.63) is 35.7 Å². The number of methoxy groups -OCH3 is 1. The van der Waals surface area contributed by atoms with Gasteiger partial charge in [-0.25, -0.2) is 4.99 Å². The normalized spacial score (nSPS) is 28.4. The van der Waals surface area contributed by atoms with E-state index in [1.54, 1.807) is 13.3 Å². The van der Waals surface area contributed by atoms with E-state index >= 15 is 0 Å². The van der Waals surface area contributed by atoms with Gasteiger partial charge in [0, 0.05) is 37.8 Å². The van der Waals surface area contributed by atoms with Gasteiger partial charge >= 0.3 is 0 Å². The monoisotopic (exact) mass is 359 g/mol. The molecule has 0 bridgehead atoms. The summed E-state index contributed by atoms with van der Waals surface area (Å²) in [7, 11) is 5.63. The standard InChI is InChI=1S/C19H29N5O2/c1-13-10-24(3)11-14(13)12-26-17-9-15(5-6-16(17)25-4)19(20)22-8-7-18(21-2)23-19/h5-9,13-14,21,23H,10-12,20H2,1-4H3/t13-,14+,19?/m1/s1. The molecule has 1 fully saturated rings. The molecule has 26 heavy (non-hydrogen) atoms. The highest BCUT2D eigenvalue weighted by Crippen LogP contribution is 2.33. The Morgan fingerprint density at radius 2 is 2.19 bits per heavy atom. The molecule has 2 aliphatic heterocycles. The zero-order valence-corrected chi connectivity index (χ0v) is 16.0. The second-order valence-electron chi connectivity index (χ2n) is 7.14.